The molecule has 0 bridgehead atoms. The summed E-state index contributed by atoms with van der Waals surface area (Å²) in [6.45, 7) is 2.07. The molecule has 0 atom stereocenters. The molecule has 0 aliphatic heterocycles. The van der Waals surface area contributed by atoms with Crippen molar-refractivity contribution in [1.29, 1.82) is 0 Å². The van der Waals surface area contributed by atoms with Crippen LogP contribution in [0.1, 0.15) is 28.1 Å². The van der Waals surface area contributed by atoms with Gasteiger partial charge in [0.05, 0.1) is 16.4 Å². The molecule has 11 rings (SSSR count). The Morgan fingerprint density at radius 3 is 1.69 bits per heavy atom. The van der Waals surface area contributed by atoms with Crippen LogP contribution in [0, 0.1) is 6.92 Å². The molecule has 0 amide bonds. The summed E-state index contributed by atoms with van der Waals surface area (Å²) in [5, 5.41) is 5.08. The van der Waals surface area contributed by atoms with Gasteiger partial charge in [0, 0.05) is 5.69 Å². The Hall–Kier alpha value is -6.25. The molecule has 0 saturated carbocycles. The zero-order valence-electron chi connectivity index (χ0n) is 27.0. The number of fused-ring (bicyclic) bond motifs is 13. The average Bonchev–Trinajstić information content (AvgIpc) is 3.75. The topological polar surface area (TPSA) is 17.8 Å². The molecular weight excluding hydrogens is 593 g/mol. The van der Waals surface area contributed by atoms with E-state index in [2.05, 4.69) is 169 Å². The van der Waals surface area contributed by atoms with Crippen molar-refractivity contribution in [3.8, 4) is 39.1 Å². The second-order valence-corrected chi connectivity index (χ2v) is 13.6. The van der Waals surface area contributed by atoms with E-state index >= 15 is 0 Å². The number of rotatable bonds is 2. The van der Waals surface area contributed by atoms with Gasteiger partial charge in [-0.15, -0.1) is 0 Å². The first-order chi connectivity index (χ1) is 24.2. The van der Waals surface area contributed by atoms with E-state index in [0.717, 1.165) is 22.5 Å². The number of aryl methyl sites for hydroxylation is 1. The molecular formula is C47H30N2. The number of benzene rings is 8. The summed E-state index contributed by atoms with van der Waals surface area (Å²) >= 11 is 0. The molecule has 1 heterocycles. The lowest BCUT2D eigenvalue weighted by molar-refractivity contribution is 0.796. The minimum absolute atomic E-state index is 0.376. The third kappa shape index (κ3) is 3.53. The Morgan fingerprint density at radius 2 is 0.980 bits per heavy atom. The zero-order chi connectivity index (χ0) is 32.3. The fraction of sp³-hybridized carbons (Fsp3) is 0.0426. The predicted octanol–water partition coefficient (Wildman–Crippen LogP) is 11.7. The zero-order valence-corrected chi connectivity index (χ0v) is 27.0. The van der Waals surface area contributed by atoms with E-state index in [0.29, 0.717) is 0 Å². The van der Waals surface area contributed by atoms with Gasteiger partial charge in [0.1, 0.15) is 5.82 Å². The van der Waals surface area contributed by atoms with Gasteiger partial charge in [0.2, 0.25) is 0 Å². The highest BCUT2D eigenvalue weighted by molar-refractivity contribution is 6.03. The fourth-order valence-corrected chi connectivity index (χ4v) is 9.02. The predicted molar refractivity (Wildman–Crippen MR) is 203 cm³/mol. The van der Waals surface area contributed by atoms with E-state index in [1.807, 2.05) is 6.07 Å². The second-order valence-electron chi connectivity index (χ2n) is 13.6. The highest BCUT2D eigenvalue weighted by Gasteiger charge is 2.51. The van der Waals surface area contributed by atoms with Crippen molar-refractivity contribution in [3.63, 3.8) is 0 Å². The van der Waals surface area contributed by atoms with Crippen LogP contribution in [0.5, 0.6) is 0 Å². The van der Waals surface area contributed by atoms with Crippen LogP contribution in [0.4, 0.5) is 0 Å². The highest BCUT2D eigenvalue weighted by atomic mass is 15.1. The summed E-state index contributed by atoms with van der Waals surface area (Å²) in [4.78, 5) is 4.78. The van der Waals surface area contributed by atoms with Gasteiger partial charge in [-0.1, -0.05) is 109 Å². The molecule has 2 aliphatic rings. The molecule has 2 nitrogen and oxygen atoms in total. The summed E-state index contributed by atoms with van der Waals surface area (Å²) in [5.74, 6) is 0.992. The van der Waals surface area contributed by atoms with E-state index in [1.165, 1.54) is 77.2 Å². The van der Waals surface area contributed by atoms with Crippen molar-refractivity contribution < 1.29 is 0 Å². The SMILES string of the molecule is Cc1nc2ccccc2n1-c1ccc(-c2ccc3cc4c(cc3c2)C2(c3ccccc3-c3ccccc32)c2cc3ccccc3cc2-4)cc1. The van der Waals surface area contributed by atoms with Gasteiger partial charge in [-0.25, -0.2) is 4.98 Å². The monoisotopic (exact) mass is 622 g/mol. The Balaban J connectivity index is 1.12. The first-order valence-electron chi connectivity index (χ1n) is 17.0. The lowest BCUT2D eigenvalue weighted by Crippen LogP contribution is -2.25. The largest absolute Gasteiger partial charge is 0.297 e. The van der Waals surface area contributed by atoms with Gasteiger partial charge in [-0.05, 0) is 139 Å². The third-order valence-electron chi connectivity index (χ3n) is 11.1. The minimum Gasteiger partial charge on any atom is -0.297 e. The smallest absolute Gasteiger partial charge is 0.111 e. The summed E-state index contributed by atoms with van der Waals surface area (Å²) in [7, 11) is 0. The van der Waals surface area contributed by atoms with Crippen molar-refractivity contribution in [3.05, 3.63) is 192 Å². The molecule has 49 heavy (non-hydrogen) atoms. The lowest BCUT2D eigenvalue weighted by Gasteiger charge is -2.30. The van der Waals surface area contributed by atoms with Crippen LogP contribution < -0.4 is 0 Å². The first kappa shape index (κ1) is 26.8. The van der Waals surface area contributed by atoms with Crippen LogP contribution in [-0.4, -0.2) is 9.55 Å². The van der Waals surface area contributed by atoms with E-state index in [9.17, 15) is 0 Å². The van der Waals surface area contributed by atoms with E-state index < -0.39 is 0 Å². The van der Waals surface area contributed by atoms with Crippen molar-refractivity contribution >= 4 is 32.6 Å². The van der Waals surface area contributed by atoms with Crippen LogP contribution in [0.15, 0.2) is 164 Å². The molecule has 9 aromatic rings. The van der Waals surface area contributed by atoms with Gasteiger partial charge in [-0.3, -0.25) is 4.57 Å². The molecule has 0 unspecified atom stereocenters. The second kappa shape index (κ2) is 9.65. The number of para-hydroxylation sites is 2. The van der Waals surface area contributed by atoms with Crippen molar-refractivity contribution in [2.75, 3.05) is 0 Å². The Kier molecular flexibility index (Phi) is 5.28. The molecule has 1 spiro atoms. The number of aromatic nitrogens is 2. The summed E-state index contributed by atoms with van der Waals surface area (Å²) in [6.07, 6.45) is 0. The van der Waals surface area contributed by atoms with Gasteiger partial charge < -0.3 is 0 Å². The first-order valence-corrected chi connectivity index (χ1v) is 17.0. The quantitative estimate of drug-likeness (QED) is 0.188. The van der Waals surface area contributed by atoms with Crippen LogP contribution in [-0.2, 0) is 5.41 Å². The van der Waals surface area contributed by atoms with Crippen LogP contribution in [0.25, 0.3) is 71.6 Å². The number of hydrogen-bond donors (Lipinski definition) is 0. The third-order valence-corrected chi connectivity index (χ3v) is 11.1. The molecule has 1 aromatic heterocycles. The summed E-state index contributed by atoms with van der Waals surface area (Å²) in [6, 6.07) is 60.9. The number of imidazole rings is 1. The van der Waals surface area contributed by atoms with E-state index in [4.69, 9.17) is 4.98 Å². The Morgan fingerprint density at radius 1 is 0.429 bits per heavy atom. The maximum atomic E-state index is 4.78. The summed E-state index contributed by atoms with van der Waals surface area (Å²) in [5.41, 5.74) is 16.2. The molecule has 0 fully saturated rings. The molecule has 8 aromatic carbocycles. The molecule has 0 saturated heterocycles. The van der Waals surface area contributed by atoms with Gasteiger partial charge in [0.25, 0.3) is 0 Å². The van der Waals surface area contributed by atoms with E-state index in [1.54, 1.807) is 0 Å². The molecule has 228 valence electrons. The van der Waals surface area contributed by atoms with Crippen molar-refractivity contribution in [1.82, 2.24) is 9.55 Å². The normalized spacial score (nSPS) is 13.6. The summed E-state index contributed by atoms with van der Waals surface area (Å²) < 4.78 is 2.24. The minimum atomic E-state index is -0.376. The molecule has 0 N–H and O–H groups in total. The van der Waals surface area contributed by atoms with Gasteiger partial charge >= 0.3 is 0 Å². The van der Waals surface area contributed by atoms with Gasteiger partial charge in [-0.2, -0.15) is 0 Å². The van der Waals surface area contributed by atoms with E-state index in [-0.39, 0.29) is 5.41 Å². The Bertz CT molecular complexity index is 2790. The molecule has 2 heteroatoms. The lowest BCUT2D eigenvalue weighted by atomic mass is 9.70. The standard InChI is InChI=1S/C47H30N2/c1-29-48-45-16-8-9-17-46(45)49(29)36-22-20-30(21-23-36)33-18-19-34-26-40-39-25-31-10-2-3-11-32(31)27-43(39)47(44(40)28-35(34)24-33)41-14-6-4-12-37(41)38-13-5-7-15-42(38)47/h2-28H,1H3. The number of hydrogen-bond acceptors (Lipinski definition) is 1. The van der Waals surface area contributed by atoms with Crippen molar-refractivity contribution in [2.24, 2.45) is 0 Å². The fourth-order valence-electron chi connectivity index (χ4n) is 9.02. The van der Waals surface area contributed by atoms with Crippen LogP contribution in [0.3, 0.4) is 0 Å². The average molecular weight is 623 g/mol. The van der Waals surface area contributed by atoms with Crippen molar-refractivity contribution in [2.45, 2.75) is 12.3 Å². The Labute approximate surface area is 284 Å². The number of nitrogens with zero attached hydrogens (tertiary/aromatic N) is 2. The highest BCUT2D eigenvalue weighted by Crippen LogP contribution is 2.63. The molecule has 2 aliphatic carbocycles. The van der Waals surface area contributed by atoms with Crippen LogP contribution >= 0.6 is 0 Å². The van der Waals surface area contributed by atoms with Crippen LogP contribution in [0.2, 0.25) is 0 Å². The molecule has 0 radical (unpaired) electrons. The maximum absolute atomic E-state index is 4.78. The van der Waals surface area contributed by atoms with Gasteiger partial charge in [0.15, 0.2) is 0 Å². The maximum Gasteiger partial charge on any atom is 0.111 e.